The van der Waals surface area contributed by atoms with E-state index in [4.69, 9.17) is 11.5 Å². The van der Waals surface area contributed by atoms with Gasteiger partial charge in [0.05, 0.1) is 0 Å². The standard InChI is InChI=1S/C2H6N2.2HI.Pt/c3-1-2-4;;;/h3-4H,1-2H2;2*1H;/q-2;;;+4/p-2. The molecular weight excluding hydrogens is 501 g/mol. The van der Waals surface area contributed by atoms with Crippen LogP contribution in [0.3, 0.4) is 0 Å². The summed E-state index contributed by atoms with van der Waals surface area (Å²) >= 11 is 5.30. The molecule has 0 aromatic rings. The van der Waals surface area contributed by atoms with Crippen LogP contribution in [0, 0.1) is 0 Å². The van der Waals surface area contributed by atoms with E-state index < -0.39 is 0 Å². The van der Waals surface area contributed by atoms with Crippen LogP contribution in [0.1, 0.15) is 0 Å². The van der Waals surface area contributed by atoms with Crippen LogP contribution in [0.2, 0.25) is 0 Å². The maximum absolute atomic E-state index is 6.26. The van der Waals surface area contributed by atoms with Crippen LogP contribution in [0.25, 0.3) is 11.5 Å². The van der Waals surface area contributed by atoms with E-state index in [1.807, 2.05) is 0 Å². The van der Waals surface area contributed by atoms with E-state index >= 15 is 0 Å². The van der Waals surface area contributed by atoms with Gasteiger partial charge in [-0.05, 0) is 0 Å². The average Bonchev–Trinajstić information content (AvgIpc) is 1.69. The minimum atomic E-state index is 0.236. The Morgan fingerprint density at radius 2 is 1.29 bits per heavy atom. The molecule has 0 spiro atoms. The molecule has 0 fully saturated rings. The first kappa shape index (κ1) is 11.8. The number of rotatable bonds is 1. The second-order valence-electron chi connectivity index (χ2n) is 0.545. The zero-order chi connectivity index (χ0) is 6.12. The molecule has 0 aromatic carbocycles. The molecule has 0 saturated heterocycles. The van der Waals surface area contributed by atoms with Gasteiger partial charge < -0.3 is 11.5 Å². The Morgan fingerprint density at radius 3 is 1.29 bits per heavy atom. The van der Waals surface area contributed by atoms with Crippen molar-refractivity contribution in [2.24, 2.45) is 0 Å². The fraction of sp³-hybridized carbons (Fsp3) is 1.00. The van der Waals surface area contributed by atoms with Crippen molar-refractivity contribution in [1.29, 1.82) is 0 Å². The third-order valence-corrected chi connectivity index (χ3v) is 0.125. The van der Waals surface area contributed by atoms with Crippen LogP contribution in [0.4, 0.5) is 0 Å². The Kier molecular flexibility index (Phi) is 26.5. The van der Waals surface area contributed by atoms with Crippen LogP contribution in [-0.4, -0.2) is 13.1 Å². The number of halogens is 2. The van der Waals surface area contributed by atoms with Gasteiger partial charge in [0, 0.05) is 0 Å². The number of hydrogen-bond acceptors (Lipinski definition) is 0. The van der Waals surface area contributed by atoms with Gasteiger partial charge in [0.2, 0.25) is 0 Å². The molecule has 2 N–H and O–H groups in total. The van der Waals surface area contributed by atoms with Gasteiger partial charge in [-0.3, -0.25) is 0 Å². The van der Waals surface area contributed by atoms with Crippen molar-refractivity contribution in [1.82, 2.24) is 0 Å². The van der Waals surface area contributed by atoms with E-state index in [0.29, 0.717) is 11.2 Å². The van der Waals surface area contributed by atoms with Crippen LogP contribution < -0.4 is 0 Å². The number of nitrogens with one attached hydrogen (secondary N) is 2. The van der Waals surface area contributed by atoms with Crippen LogP contribution in [0.15, 0.2) is 0 Å². The van der Waals surface area contributed by atoms with Crippen molar-refractivity contribution in [2.75, 3.05) is 13.1 Å². The molecule has 0 heterocycles. The maximum atomic E-state index is 6.26. The Bertz CT molecular complexity index is 21.2. The number of hydrogen-bond donors (Lipinski definition) is 0. The van der Waals surface area contributed by atoms with Gasteiger partial charge in [-0.2, -0.15) is 13.1 Å². The van der Waals surface area contributed by atoms with Gasteiger partial charge in [-0.1, -0.05) is 0 Å². The zero-order valence-electron chi connectivity index (χ0n) is 3.49. The first-order valence-corrected chi connectivity index (χ1v) is 14.3. The van der Waals surface area contributed by atoms with Crippen LogP contribution in [-0.2, 0) is 11.2 Å². The van der Waals surface area contributed by atoms with Crippen molar-refractivity contribution < 1.29 is 11.2 Å². The molecule has 0 aliphatic heterocycles. The maximum Gasteiger partial charge on any atom is -0.171 e. The van der Waals surface area contributed by atoms with Crippen molar-refractivity contribution in [2.45, 2.75) is 0 Å². The summed E-state index contributed by atoms with van der Waals surface area (Å²) in [6.07, 6.45) is 0. The average molecular weight is 507 g/mol. The summed E-state index contributed by atoms with van der Waals surface area (Å²) in [5.74, 6) is 0. The summed E-state index contributed by atoms with van der Waals surface area (Å²) in [5.41, 5.74) is 12.5. The van der Waals surface area contributed by atoms with Crippen molar-refractivity contribution >= 4 is 38.7 Å². The Hall–Kier alpha value is 2.07. The van der Waals surface area contributed by atoms with E-state index in [1.165, 1.54) is 0 Å². The van der Waals surface area contributed by atoms with Gasteiger partial charge in [0.15, 0.2) is 0 Å². The molecule has 5 heteroatoms. The summed E-state index contributed by atoms with van der Waals surface area (Å²) in [6, 6.07) is 0. The van der Waals surface area contributed by atoms with E-state index in [1.54, 1.807) is 0 Å². The molecule has 0 saturated carbocycles. The zero-order valence-corrected chi connectivity index (χ0v) is 10.1. The molecule has 0 radical (unpaired) electrons. The summed E-state index contributed by atoms with van der Waals surface area (Å²) in [7, 11) is 0. The quantitative estimate of drug-likeness (QED) is 0.491. The van der Waals surface area contributed by atoms with E-state index in [-0.39, 0.29) is 13.1 Å². The molecule has 7 heavy (non-hydrogen) atoms. The minimum absolute atomic E-state index is 0.236. The fourth-order valence-corrected chi connectivity index (χ4v) is 0. The Labute approximate surface area is 73.3 Å². The molecule has 0 aliphatic carbocycles. The van der Waals surface area contributed by atoms with Gasteiger partial charge in [-0.15, -0.1) is 0 Å². The Balaban J connectivity index is 0. The molecule has 48 valence electrons. The molecule has 0 unspecified atom stereocenters. The van der Waals surface area contributed by atoms with Gasteiger partial charge in [0.1, 0.15) is 0 Å². The van der Waals surface area contributed by atoms with Crippen molar-refractivity contribution in [3.05, 3.63) is 11.5 Å². The summed E-state index contributed by atoms with van der Waals surface area (Å²) < 4.78 is 0. The summed E-state index contributed by atoms with van der Waals surface area (Å²) in [6.45, 7) is 0.472. The normalized spacial score (nSPS) is 7.43. The predicted molar refractivity (Wildman–Crippen MR) is 46.4 cm³/mol. The van der Waals surface area contributed by atoms with Gasteiger partial charge in [0.25, 0.3) is 0 Å². The van der Waals surface area contributed by atoms with E-state index in [2.05, 4.69) is 38.7 Å². The Morgan fingerprint density at radius 1 is 1.14 bits per heavy atom. The minimum Gasteiger partial charge on any atom is -0.679 e. The fourth-order valence-electron chi connectivity index (χ4n) is 0. The predicted octanol–water partition coefficient (Wildman–Crippen LogP) is 2.86. The second kappa shape index (κ2) is 15.7. The molecule has 0 aliphatic rings. The smallest absolute Gasteiger partial charge is 0.171 e. The first-order valence-electron chi connectivity index (χ1n) is 1.45. The third-order valence-electron chi connectivity index (χ3n) is 0.125. The summed E-state index contributed by atoms with van der Waals surface area (Å²) in [4.78, 5) is 0. The van der Waals surface area contributed by atoms with Crippen LogP contribution in [0.5, 0.6) is 0 Å². The molecule has 0 aromatic heterocycles. The van der Waals surface area contributed by atoms with Crippen molar-refractivity contribution in [3.8, 4) is 0 Å². The first-order chi connectivity index (χ1) is 3.33. The van der Waals surface area contributed by atoms with E-state index in [0.717, 1.165) is 0 Å². The molecule has 0 atom stereocenters. The monoisotopic (exact) mass is 507 g/mol. The summed E-state index contributed by atoms with van der Waals surface area (Å²) in [5, 5.41) is 0. The van der Waals surface area contributed by atoms with Crippen molar-refractivity contribution in [3.63, 3.8) is 0 Å². The largest absolute Gasteiger partial charge is 0.679 e. The van der Waals surface area contributed by atoms with Gasteiger partial charge >= 0.3 is 49.9 Å². The molecule has 0 amide bonds. The van der Waals surface area contributed by atoms with Crippen LogP contribution >= 0.6 is 38.7 Å². The SMILES string of the molecule is [I][Pt+2][I].[NH-]CC[NH-]. The van der Waals surface area contributed by atoms with E-state index in [9.17, 15) is 0 Å². The second-order valence-corrected chi connectivity index (χ2v) is 17.1. The van der Waals surface area contributed by atoms with Gasteiger partial charge in [-0.25, -0.2) is 0 Å². The molecule has 0 bridgehead atoms. The third kappa shape index (κ3) is 31.6. The topological polar surface area (TPSA) is 47.6 Å². The molecule has 0 rings (SSSR count). The molecular formula is C2H6I2N2Pt. The molecule has 2 nitrogen and oxygen atoms in total.